The number of ether oxygens (including phenoxy) is 1. The zero-order chi connectivity index (χ0) is 32.9. The van der Waals surface area contributed by atoms with E-state index in [1.807, 2.05) is 0 Å². The summed E-state index contributed by atoms with van der Waals surface area (Å²) in [6, 6.07) is 11.6. The van der Waals surface area contributed by atoms with Crippen LogP contribution < -0.4 is 4.74 Å². The molecular formula is C29H23F6N5O4S. The van der Waals surface area contributed by atoms with Crippen molar-refractivity contribution < 1.29 is 44.6 Å². The summed E-state index contributed by atoms with van der Waals surface area (Å²) < 4.78 is 113. The van der Waals surface area contributed by atoms with Gasteiger partial charge in [0.1, 0.15) is 23.1 Å². The van der Waals surface area contributed by atoms with Crippen molar-refractivity contribution >= 4 is 9.84 Å². The van der Waals surface area contributed by atoms with Gasteiger partial charge in [-0.25, -0.2) is 22.5 Å². The topological polar surface area (TPSA) is 112 Å². The van der Waals surface area contributed by atoms with Gasteiger partial charge in [0.25, 0.3) is 5.92 Å². The molecule has 45 heavy (non-hydrogen) atoms. The van der Waals surface area contributed by atoms with Crippen molar-refractivity contribution in [3.05, 3.63) is 89.9 Å². The van der Waals surface area contributed by atoms with Gasteiger partial charge in [0.2, 0.25) is 0 Å². The van der Waals surface area contributed by atoms with Crippen molar-refractivity contribution in [1.82, 2.24) is 24.5 Å². The van der Waals surface area contributed by atoms with Crippen LogP contribution in [-0.4, -0.2) is 50.7 Å². The first kappa shape index (κ1) is 31.7. The number of sulfone groups is 1. The van der Waals surface area contributed by atoms with Gasteiger partial charge in [-0.1, -0.05) is 11.3 Å². The van der Waals surface area contributed by atoms with Gasteiger partial charge in [-0.2, -0.15) is 8.78 Å². The number of imidazole rings is 1. The van der Waals surface area contributed by atoms with Gasteiger partial charge in [-0.15, -0.1) is 18.3 Å². The summed E-state index contributed by atoms with van der Waals surface area (Å²) in [4.78, 5) is 3.55. The zero-order valence-electron chi connectivity index (χ0n) is 23.6. The van der Waals surface area contributed by atoms with E-state index >= 15 is 4.39 Å². The van der Waals surface area contributed by atoms with Crippen LogP contribution in [0, 0.1) is 12.7 Å². The number of hydrogen-bond acceptors (Lipinski definition) is 7. The summed E-state index contributed by atoms with van der Waals surface area (Å²) in [6.45, 7) is 1.32. The highest BCUT2D eigenvalue weighted by molar-refractivity contribution is 7.90. The fraction of sp³-hybridized carbons (Fsp3) is 0.207. The third-order valence-corrected chi connectivity index (χ3v) is 7.94. The summed E-state index contributed by atoms with van der Waals surface area (Å²) in [5.41, 5.74) is 0.530. The lowest BCUT2D eigenvalue weighted by molar-refractivity contribution is -0.274. The molecule has 0 atom stereocenters. The SMILES string of the molecule is Cc1nc(C(C)(F)F)cn1-c1ccc(-c2cc(F)c(CO)c(S(C)(=O)=O)c2)cc1-n1nncc1-c1ccc(OC(F)(F)F)cc1. The number of rotatable bonds is 8. The van der Waals surface area contributed by atoms with E-state index in [1.165, 1.54) is 58.8 Å². The number of nitrogens with zero attached hydrogens (tertiary/aromatic N) is 5. The Hall–Kier alpha value is -4.70. The lowest BCUT2D eigenvalue weighted by Crippen LogP contribution is -2.16. The minimum Gasteiger partial charge on any atom is -0.406 e. The highest BCUT2D eigenvalue weighted by atomic mass is 32.2. The molecule has 0 saturated carbocycles. The molecule has 236 valence electrons. The molecule has 0 saturated heterocycles. The summed E-state index contributed by atoms with van der Waals surface area (Å²) in [5.74, 6) is -4.54. The molecule has 9 nitrogen and oxygen atoms in total. The Morgan fingerprint density at radius 2 is 1.60 bits per heavy atom. The molecular weight excluding hydrogens is 628 g/mol. The number of aliphatic hydroxyl groups is 1. The lowest BCUT2D eigenvalue weighted by atomic mass is 10.0. The molecule has 0 bridgehead atoms. The average molecular weight is 652 g/mol. The fourth-order valence-corrected chi connectivity index (χ4v) is 5.65. The van der Waals surface area contributed by atoms with Gasteiger partial charge in [0.05, 0.1) is 34.8 Å². The second-order valence-electron chi connectivity index (χ2n) is 10.1. The Labute approximate surface area is 252 Å². The first-order chi connectivity index (χ1) is 21.0. The number of alkyl halides is 5. The molecule has 3 aromatic carbocycles. The maximum absolute atomic E-state index is 15.0. The molecule has 5 rings (SSSR count). The predicted octanol–water partition coefficient (Wildman–Crippen LogP) is 6.14. The number of aromatic nitrogens is 5. The number of aliphatic hydroxyl groups excluding tert-OH is 1. The largest absolute Gasteiger partial charge is 0.573 e. The third kappa shape index (κ3) is 6.56. The highest BCUT2D eigenvalue weighted by Gasteiger charge is 2.31. The van der Waals surface area contributed by atoms with Crippen molar-refractivity contribution in [2.24, 2.45) is 0 Å². The molecule has 0 aliphatic heterocycles. The first-order valence-electron chi connectivity index (χ1n) is 13.0. The molecule has 16 heteroatoms. The molecule has 0 aliphatic carbocycles. The lowest BCUT2D eigenvalue weighted by Gasteiger charge is -2.17. The van der Waals surface area contributed by atoms with Crippen LogP contribution in [-0.2, 0) is 22.4 Å². The van der Waals surface area contributed by atoms with Crippen molar-refractivity contribution in [2.45, 2.75) is 37.6 Å². The number of aryl methyl sites for hydroxylation is 1. The Balaban J connectivity index is 1.72. The Morgan fingerprint density at radius 3 is 2.18 bits per heavy atom. The number of hydrogen-bond donors (Lipinski definition) is 1. The molecule has 2 aromatic heterocycles. The molecule has 0 aliphatic rings. The second-order valence-corrected chi connectivity index (χ2v) is 12.1. The maximum atomic E-state index is 15.0. The molecule has 0 fully saturated rings. The van der Waals surface area contributed by atoms with Gasteiger partial charge in [0, 0.05) is 30.5 Å². The monoisotopic (exact) mass is 651 g/mol. The zero-order valence-corrected chi connectivity index (χ0v) is 24.5. The van der Waals surface area contributed by atoms with E-state index in [4.69, 9.17) is 0 Å². The van der Waals surface area contributed by atoms with E-state index in [9.17, 15) is 35.5 Å². The maximum Gasteiger partial charge on any atom is 0.573 e. The number of benzene rings is 3. The van der Waals surface area contributed by atoms with Gasteiger partial charge < -0.3 is 14.4 Å². The Morgan fingerprint density at radius 1 is 0.933 bits per heavy atom. The van der Waals surface area contributed by atoms with E-state index in [-0.39, 0.29) is 34.0 Å². The van der Waals surface area contributed by atoms with Crippen LogP contribution >= 0.6 is 0 Å². The molecule has 5 aromatic rings. The van der Waals surface area contributed by atoms with Crippen LogP contribution in [0.25, 0.3) is 33.8 Å². The summed E-state index contributed by atoms with van der Waals surface area (Å²) in [6.07, 6.45) is -1.58. The van der Waals surface area contributed by atoms with Crippen molar-refractivity contribution in [3.63, 3.8) is 0 Å². The average Bonchev–Trinajstić information content (AvgIpc) is 3.58. The van der Waals surface area contributed by atoms with Crippen LogP contribution in [0.3, 0.4) is 0 Å². The standard InChI is InChI=1S/C29H23F6N5O4S/c1-16-37-27(28(2,31)32)14-39(16)23-9-6-18(19-10-22(30)21(15-41)26(12-19)45(3,42)43)11-24(23)40-25(13-36-38-40)17-4-7-20(8-5-17)44-29(33,34)35/h4-14,41H,15H2,1-3H3. The Kier molecular flexibility index (Phi) is 7.99. The van der Waals surface area contributed by atoms with Crippen molar-refractivity contribution in [2.75, 3.05) is 6.26 Å². The highest BCUT2D eigenvalue weighted by Crippen LogP contribution is 2.35. The third-order valence-electron chi connectivity index (χ3n) is 6.77. The second kappa shape index (κ2) is 11.3. The summed E-state index contributed by atoms with van der Waals surface area (Å²) in [5, 5.41) is 17.7. The van der Waals surface area contributed by atoms with E-state index < -0.39 is 56.4 Å². The van der Waals surface area contributed by atoms with Crippen LogP contribution in [0.5, 0.6) is 5.75 Å². The van der Waals surface area contributed by atoms with Crippen LogP contribution in [0.4, 0.5) is 26.3 Å². The Bertz CT molecular complexity index is 2000. The molecule has 2 heterocycles. The van der Waals surface area contributed by atoms with Crippen LogP contribution in [0.15, 0.2) is 71.9 Å². The van der Waals surface area contributed by atoms with Gasteiger partial charge in [-0.3, -0.25) is 0 Å². The molecule has 1 N–H and O–H groups in total. The van der Waals surface area contributed by atoms with Gasteiger partial charge in [0.15, 0.2) is 9.84 Å². The number of halogens is 6. The van der Waals surface area contributed by atoms with Crippen molar-refractivity contribution in [1.29, 1.82) is 0 Å². The molecule has 0 spiro atoms. The normalized spacial score (nSPS) is 12.5. The van der Waals surface area contributed by atoms with E-state index in [2.05, 4.69) is 20.0 Å². The van der Waals surface area contributed by atoms with Crippen LogP contribution in [0.1, 0.15) is 24.0 Å². The van der Waals surface area contributed by atoms with Gasteiger partial charge in [-0.05, 0) is 66.6 Å². The quantitative estimate of drug-likeness (QED) is 0.201. The van der Waals surface area contributed by atoms with E-state index in [0.29, 0.717) is 12.5 Å². The summed E-state index contributed by atoms with van der Waals surface area (Å²) >= 11 is 0. The smallest absolute Gasteiger partial charge is 0.406 e. The first-order valence-corrected chi connectivity index (χ1v) is 14.8. The minimum atomic E-state index is -4.90. The van der Waals surface area contributed by atoms with Gasteiger partial charge >= 0.3 is 6.36 Å². The minimum absolute atomic E-state index is 0.108. The van der Waals surface area contributed by atoms with E-state index in [0.717, 1.165) is 30.7 Å². The van der Waals surface area contributed by atoms with Crippen molar-refractivity contribution in [3.8, 4) is 39.5 Å². The molecule has 0 radical (unpaired) electrons. The summed E-state index contributed by atoms with van der Waals surface area (Å²) in [7, 11) is -3.97. The van der Waals surface area contributed by atoms with E-state index in [1.54, 1.807) is 0 Å². The fourth-order valence-electron chi connectivity index (χ4n) is 4.70. The predicted molar refractivity (Wildman–Crippen MR) is 149 cm³/mol. The van der Waals surface area contributed by atoms with Crippen LogP contribution in [0.2, 0.25) is 0 Å². The molecule has 0 unspecified atom stereocenters. The molecule has 0 amide bonds.